The Morgan fingerprint density at radius 3 is 2.04 bits per heavy atom. The first kappa shape index (κ1) is 19.6. The molecule has 0 radical (unpaired) electrons. The Hall–Kier alpha value is -1.46. The minimum atomic E-state index is 0.297. The van der Waals surface area contributed by atoms with Gasteiger partial charge in [-0.05, 0) is 50.7 Å². The molecule has 3 N–H and O–H groups in total. The summed E-state index contributed by atoms with van der Waals surface area (Å²) in [6.07, 6.45) is 6.58. The smallest absolute Gasteiger partial charge is 0.140 e. The van der Waals surface area contributed by atoms with Crippen molar-refractivity contribution in [3.63, 3.8) is 0 Å². The summed E-state index contributed by atoms with van der Waals surface area (Å²) in [6, 6.07) is 5.59. The maximum atomic E-state index is 10.1. The van der Waals surface area contributed by atoms with Gasteiger partial charge in [0.25, 0.3) is 0 Å². The van der Waals surface area contributed by atoms with Crippen molar-refractivity contribution in [3.8, 4) is 5.75 Å². The number of unbranched alkanes of at least 4 members (excludes halogenated alkanes) is 4. The maximum absolute atomic E-state index is 10.1. The minimum absolute atomic E-state index is 0.297. The average molecular weight is 324 g/mol. The Morgan fingerprint density at radius 2 is 1.43 bits per heavy atom. The number of benzene rings is 1. The summed E-state index contributed by atoms with van der Waals surface area (Å²) in [7, 11) is 3.46. The number of phenols is 1. The molecule has 0 spiro atoms. The minimum Gasteiger partial charge on any atom is -0.506 e. The molecule has 0 saturated heterocycles. The summed E-state index contributed by atoms with van der Waals surface area (Å²) in [5.74, 6) is 0.297. The number of ether oxygens (including phenoxy) is 2. The summed E-state index contributed by atoms with van der Waals surface area (Å²) < 4.78 is 10.1. The van der Waals surface area contributed by atoms with E-state index in [2.05, 4.69) is 10.6 Å². The number of anilines is 2. The highest BCUT2D eigenvalue weighted by atomic mass is 16.5. The van der Waals surface area contributed by atoms with Crippen molar-refractivity contribution >= 4 is 11.4 Å². The molecule has 0 aliphatic heterocycles. The molecule has 0 saturated carbocycles. The molecule has 5 heteroatoms. The standard InChI is InChI=1S/C18H32N2O3/c1-22-14-7-3-5-12-19-16-10-9-11-17(21)18(16)20-13-6-4-8-15-23-2/h9-11,19-21H,3-8,12-15H2,1-2H3. The van der Waals surface area contributed by atoms with Gasteiger partial charge in [-0.3, -0.25) is 0 Å². The number of aromatic hydroxyl groups is 1. The molecule has 1 rings (SSSR count). The summed E-state index contributed by atoms with van der Waals surface area (Å²) in [5, 5.41) is 16.8. The van der Waals surface area contributed by atoms with Crippen LogP contribution >= 0.6 is 0 Å². The van der Waals surface area contributed by atoms with Crippen LogP contribution in [0, 0.1) is 0 Å². The van der Waals surface area contributed by atoms with E-state index in [1.165, 1.54) is 0 Å². The predicted octanol–water partition coefficient (Wildman–Crippen LogP) is 3.85. The van der Waals surface area contributed by atoms with Gasteiger partial charge in [0.2, 0.25) is 0 Å². The highest BCUT2D eigenvalue weighted by molar-refractivity contribution is 5.75. The Bertz CT molecular complexity index is 413. The number of methoxy groups -OCH3 is 2. The molecule has 0 heterocycles. The van der Waals surface area contributed by atoms with Gasteiger partial charge in [-0.2, -0.15) is 0 Å². The van der Waals surface area contributed by atoms with Crippen molar-refractivity contribution in [2.75, 3.05) is 51.2 Å². The SMILES string of the molecule is COCCCCCNc1cccc(O)c1NCCCCCOC. The lowest BCUT2D eigenvalue weighted by atomic mass is 10.2. The van der Waals surface area contributed by atoms with Crippen LogP contribution in [0.2, 0.25) is 0 Å². The molecule has 0 fully saturated rings. The van der Waals surface area contributed by atoms with E-state index in [9.17, 15) is 5.11 Å². The monoisotopic (exact) mass is 324 g/mol. The van der Waals surface area contributed by atoms with E-state index >= 15 is 0 Å². The molecule has 0 amide bonds. The van der Waals surface area contributed by atoms with Gasteiger partial charge in [0.15, 0.2) is 0 Å². The first-order valence-corrected chi connectivity index (χ1v) is 8.57. The molecule has 23 heavy (non-hydrogen) atoms. The van der Waals surface area contributed by atoms with E-state index in [0.717, 1.165) is 76.2 Å². The number of nitrogens with one attached hydrogen (secondary N) is 2. The second-order valence-electron chi connectivity index (χ2n) is 5.66. The van der Waals surface area contributed by atoms with Crippen molar-refractivity contribution in [1.82, 2.24) is 0 Å². The van der Waals surface area contributed by atoms with Gasteiger partial charge in [-0.25, -0.2) is 0 Å². The number of hydrogen-bond donors (Lipinski definition) is 3. The molecule has 0 atom stereocenters. The Morgan fingerprint density at radius 1 is 0.826 bits per heavy atom. The van der Waals surface area contributed by atoms with Gasteiger partial charge in [-0.15, -0.1) is 0 Å². The fourth-order valence-electron chi connectivity index (χ4n) is 2.41. The molecule has 5 nitrogen and oxygen atoms in total. The molecule has 0 unspecified atom stereocenters. The van der Waals surface area contributed by atoms with Crippen molar-refractivity contribution < 1.29 is 14.6 Å². The van der Waals surface area contributed by atoms with Crippen molar-refractivity contribution in [1.29, 1.82) is 0 Å². The van der Waals surface area contributed by atoms with Crippen LogP contribution in [0.15, 0.2) is 18.2 Å². The Balaban J connectivity index is 2.33. The zero-order valence-corrected chi connectivity index (χ0v) is 14.6. The van der Waals surface area contributed by atoms with Crippen LogP contribution in [0.4, 0.5) is 11.4 Å². The topological polar surface area (TPSA) is 62.8 Å². The molecule has 0 aromatic heterocycles. The van der Waals surface area contributed by atoms with Crippen LogP contribution in [-0.2, 0) is 9.47 Å². The third-order valence-corrected chi connectivity index (χ3v) is 3.71. The third kappa shape index (κ3) is 8.67. The molecule has 132 valence electrons. The van der Waals surface area contributed by atoms with Crippen molar-refractivity contribution in [2.45, 2.75) is 38.5 Å². The van der Waals surface area contributed by atoms with Crippen molar-refractivity contribution in [2.24, 2.45) is 0 Å². The second-order valence-corrected chi connectivity index (χ2v) is 5.66. The zero-order valence-electron chi connectivity index (χ0n) is 14.6. The number of para-hydroxylation sites is 1. The zero-order chi connectivity index (χ0) is 16.8. The fourth-order valence-corrected chi connectivity index (χ4v) is 2.41. The van der Waals surface area contributed by atoms with Crippen LogP contribution in [0.3, 0.4) is 0 Å². The lowest BCUT2D eigenvalue weighted by Crippen LogP contribution is -2.08. The number of rotatable bonds is 14. The quantitative estimate of drug-likeness (QED) is 0.358. The molecular formula is C18H32N2O3. The molecule has 0 aliphatic rings. The van der Waals surface area contributed by atoms with E-state index in [1.807, 2.05) is 12.1 Å². The highest BCUT2D eigenvalue weighted by Crippen LogP contribution is 2.31. The van der Waals surface area contributed by atoms with Crippen LogP contribution in [-0.4, -0.2) is 45.6 Å². The lowest BCUT2D eigenvalue weighted by molar-refractivity contribution is 0.192. The molecule has 0 aliphatic carbocycles. The van der Waals surface area contributed by atoms with E-state index in [-0.39, 0.29) is 0 Å². The number of hydrogen-bond acceptors (Lipinski definition) is 5. The van der Waals surface area contributed by atoms with Crippen LogP contribution in [0.25, 0.3) is 0 Å². The first-order chi connectivity index (χ1) is 11.3. The summed E-state index contributed by atoms with van der Waals surface area (Å²) in [5.41, 5.74) is 1.77. The number of phenolic OH excluding ortho intramolecular Hbond substituents is 1. The molecule has 1 aromatic carbocycles. The van der Waals surface area contributed by atoms with E-state index < -0.39 is 0 Å². The molecule has 1 aromatic rings. The highest BCUT2D eigenvalue weighted by Gasteiger charge is 2.06. The van der Waals surface area contributed by atoms with E-state index in [1.54, 1.807) is 20.3 Å². The van der Waals surface area contributed by atoms with Crippen LogP contribution in [0.1, 0.15) is 38.5 Å². The van der Waals surface area contributed by atoms with Gasteiger partial charge in [0.1, 0.15) is 11.4 Å². The lowest BCUT2D eigenvalue weighted by Gasteiger charge is -2.15. The van der Waals surface area contributed by atoms with Gasteiger partial charge in [0, 0.05) is 40.5 Å². The first-order valence-electron chi connectivity index (χ1n) is 8.57. The van der Waals surface area contributed by atoms with Crippen LogP contribution < -0.4 is 10.6 Å². The van der Waals surface area contributed by atoms with Crippen molar-refractivity contribution in [3.05, 3.63) is 18.2 Å². The Kier molecular flexibility index (Phi) is 11.1. The molecule has 0 bridgehead atoms. The summed E-state index contributed by atoms with van der Waals surface area (Å²) >= 11 is 0. The van der Waals surface area contributed by atoms with Gasteiger partial charge in [0.05, 0.1) is 5.69 Å². The molecular weight excluding hydrogens is 292 g/mol. The van der Waals surface area contributed by atoms with Gasteiger partial charge < -0.3 is 25.2 Å². The predicted molar refractivity (Wildman–Crippen MR) is 96.5 cm³/mol. The van der Waals surface area contributed by atoms with Gasteiger partial charge >= 0.3 is 0 Å². The summed E-state index contributed by atoms with van der Waals surface area (Å²) in [4.78, 5) is 0. The largest absolute Gasteiger partial charge is 0.506 e. The average Bonchev–Trinajstić information content (AvgIpc) is 2.56. The fraction of sp³-hybridized carbons (Fsp3) is 0.667. The third-order valence-electron chi connectivity index (χ3n) is 3.71. The maximum Gasteiger partial charge on any atom is 0.140 e. The summed E-state index contributed by atoms with van der Waals surface area (Å²) in [6.45, 7) is 3.38. The Labute approximate surface area is 140 Å². The van der Waals surface area contributed by atoms with E-state index in [4.69, 9.17) is 9.47 Å². The van der Waals surface area contributed by atoms with Crippen LogP contribution in [0.5, 0.6) is 5.75 Å². The second kappa shape index (κ2) is 13.0. The van der Waals surface area contributed by atoms with E-state index in [0.29, 0.717) is 5.75 Å². The normalized spacial score (nSPS) is 10.7. The van der Waals surface area contributed by atoms with Gasteiger partial charge in [-0.1, -0.05) is 6.07 Å².